The predicted octanol–water partition coefficient (Wildman–Crippen LogP) is 7.01. The third-order valence-corrected chi connectivity index (χ3v) is 8.67. The van der Waals surface area contributed by atoms with Crippen molar-refractivity contribution in [3.8, 4) is 11.5 Å². The van der Waals surface area contributed by atoms with Crippen molar-refractivity contribution < 1.29 is 28.6 Å². The second kappa shape index (κ2) is 12.8. The van der Waals surface area contributed by atoms with E-state index in [2.05, 4.69) is 34.5 Å². The number of hydrogen-bond acceptors (Lipinski definition) is 10. The molecule has 2 aromatic carbocycles. The molecule has 3 heterocycles. The number of aliphatic hydroxyl groups excluding tert-OH is 1. The zero-order valence-corrected chi connectivity index (χ0v) is 25.4. The number of thioether (sulfide) groups is 1. The molecule has 1 unspecified atom stereocenters. The van der Waals surface area contributed by atoms with Crippen molar-refractivity contribution in [1.29, 1.82) is 0 Å². The quantitative estimate of drug-likeness (QED) is 0.103. The summed E-state index contributed by atoms with van der Waals surface area (Å²) in [6, 6.07) is 15.6. The normalized spacial score (nSPS) is 15.0. The van der Waals surface area contributed by atoms with E-state index in [0.717, 1.165) is 12.0 Å². The van der Waals surface area contributed by atoms with Crippen LogP contribution in [0, 0.1) is 13.8 Å². The lowest BCUT2D eigenvalue weighted by Gasteiger charge is -2.24. The van der Waals surface area contributed by atoms with E-state index < -0.39 is 23.5 Å². The summed E-state index contributed by atoms with van der Waals surface area (Å²) in [5.41, 5.74) is 2.74. The number of nitrogens with zero attached hydrogens (tertiary/aromatic N) is 3. The Morgan fingerprint density at radius 1 is 1.05 bits per heavy atom. The van der Waals surface area contributed by atoms with Gasteiger partial charge in [0.05, 0.1) is 24.8 Å². The van der Waals surface area contributed by atoms with Crippen LogP contribution in [0.4, 0.5) is 5.13 Å². The summed E-state index contributed by atoms with van der Waals surface area (Å²) < 4.78 is 17.9. The molecular formula is C31H31N3O6S2. The zero-order valence-electron chi connectivity index (χ0n) is 23.7. The third kappa shape index (κ3) is 6.07. The Labute approximate surface area is 252 Å². The van der Waals surface area contributed by atoms with Crippen LogP contribution in [-0.2, 0) is 10.5 Å². The van der Waals surface area contributed by atoms with Gasteiger partial charge in [0.1, 0.15) is 5.76 Å². The molecule has 1 atom stereocenters. The molecule has 5 rings (SSSR count). The van der Waals surface area contributed by atoms with Gasteiger partial charge in [0.25, 0.3) is 5.91 Å². The van der Waals surface area contributed by atoms with Crippen molar-refractivity contribution in [2.45, 2.75) is 50.3 Å². The number of ether oxygens (including phenoxy) is 2. The minimum absolute atomic E-state index is 0.0215. The standard InChI is InChI=1S/C31H31N3O6S2/c1-5-15-39-22-14-12-21(16-24(22)38-6-2)26-25(27(35)23-13-9-19(4)40-23)28(36)29(37)34(26)30-32-33-31(42-30)41-17-20-10-7-18(3)8-11-20/h7-14,16,26,36H,5-6,15,17H2,1-4H3. The maximum absolute atomic E-state index is 13.7. The lowest BCUT2D eigenvalue weighted by molar-refractivity contribution is -0.117. The van der Waals surface area contributed by atoms with Crippen molar-refractivity contribution in [1.82, 2.24) is 10.2 Å². The largest absolute Gasteiger partial charge is 0.503 e. The molecule has 1 aliphatic heterocycles. The lowest BCUT2D eigenvalue weighted by atomic mass is 9.95. The van der Waals surface area contributed by atoms with Gasteiger partial charge in [-0.15, -0.1) is 10.2 Å². The summed E-state index contributed by atoms with van der Waals surface area (Å²) >= 11 is 2.71. The molecule has 42 heavy (non-hydrogen) atoms. The number of aryl methyl sites for hydroxylation is 2. The molecule has 0 fully saturated rings. The number of Topliss-reactive ketones (excluding diaryl/α,β-unsaturated/α-hetero) is 1. The fraction of sp³-hybridized carbons (Fsp3) is 0.290. The monoisotopic (exact) mass is 605 g/mol. The van der Waals surface area contributed by atoms with E-state index in [1.165, 1.54) is 39.6 Å². The van der Waals surface area contributed by atoms with Crippen LogP contribution in [-0.4, -0.2) is 40.2 Å². The Balaban J connectivity index is 1.53. The molecule has 11 heteroatoms. The molecule has 218 valence electrons. The van der Waals surface area contributed by atoms with Crippen molar-refractivity contribution in [3.63, 3.8) is 0 Å². The number of aromatic nitrogens is 2. The summed E-state index contributed by atoms with van der Waals surface area (Å²) in [5.74, 6) is 0.244. The number of carbonyl (C=O) groups is 2. The molecule has 0 spiro atoms. The lowest BCUT2D eigenvalue weighted by Crippen LogP contribution is -2.31. The number of benzene rings is 2. The van der Waals surface area contributed by atoms with Crippen molar-refractivity contribution in [2.24, 2.45) is 0 Å². The number of aliphatic hydroxyl groups is 1. The molecule has 1 N–H and O–H groups in total. The van der Waals surface area contributed by atoms with E-state index in [0.29, 0.717) is 46.1 Å². The van der Waals surface area contributed by atoms with Crippen LogP contribution in [0.2, 0.25) is 0 Å². The Hall–Kier alpha value is -4.09. The van der Waals surface area contributed by atoms with Crippen LogP contribution in [0.3, 0.4) is 0 Å². The number of ketones is 1. The van der Waals surface area contributed by atoms with Crippen molar-refractivity contribution in [3.05, 3.63) is 94.1 Å². The fourth-order valence-electron chi connectivity index (χ4n) is 4.52. The van der Waals surface area contributed by atoms with E-state index in [9.17, 15) is 14.7 Å². The Bertz CT molecular complexity index is 1630. The molecular weight excluding hydrogens is 574 g/mol. The second-order valence-electron chi connectivity index (χ2n) is 9.69. The molecule has 9 nitrogen and oxygen atoms in total. The van der Waals surface area contributed by atoms with Crippen LogP contribution in [0.25, 0.3) is 0 Å². The first-order chi connectivity index (χ1) is 20.3. The Morgan fingerprint density at radius 2 is 1.83 bits per heavy atom. The Morgan fingerprint density at radius 3 is 2.52 bits per heavy atom. The maximum atomic E-state index is 13.7. The summed E-state index contributed by atoms with van der Waals surface area (Å²) in [4.78, 5) is 28.6. The molecule has 0 saturated heterocycles. The SMILES string of the molecule is CCCOc1ccc(C2C(C(=O)c3ccc(C)o3)=C(O)C(=O)N2c2nnc(SCc3ccc(C)cc3)s2)cc1OCC. The van der Waals surface area contributed by atoms with E-state index in [4.69, 9.17) is 13.9 Å². The number of furan rings is 1. The maximum Gasteiger partial charge on any atom is 0.296 e. The third-order valence-electron chi connectivity index (χ3n) is 6.55. The average molecular weight is 606 g/mol. The minimum atomic E-state index is -1.00. The number of rotatable bonds is 12. The second-order valence-corrected chi connectivity index (χ2v) is 11.9. The van der Waals surface area contributed by atoms with Gasteiger partial charge < -0.3 is 19.0 Å². The molecule has 1 amide bonds. The Kier molecular flexibility index (Phi) is 8.98. The summed E-state index contributed by atoms with van der Waals surface area (Å²) in [6.07, 6.45) is 0.817. The topological polar surface area (TPSA) is 115 Å². The van der Waals surface area contributed by atoms with Gasteiger partial charge in [-0.05, 0) is 62.6 Å². The number of hydrogen-bond donors (Lipinski definition) is 1. The van der Waals surface area contributed by atoms with E-state index in [-0.39, 0.29) is 16.5 Å². The summed E-state index contributed by atoms with van der Waals surface area (Å²) in [7, 11) is 0. The highest BCUT2D eigenvalue weighted by molar-refractivity contribution is 8.00. The first kappa shape index (κ1) is 29.4. The minimum Gasteiger partial charge on any atom is -0.503 e. The fourth-order valence-corrected chi connectivity index (χ4v) is 6.34. The number of amides is 1. The van der Waals surface area contributed by atoms with Gasteiger partial charge in [-0.2, -0.15) is 0 Å². The molecule has 1 aliphatic rings. The predicted molar refractivity (Wildman–Crippen MR) is 162 cm³/mol. The first-order valence-corrected chi connectivity index (χ1v) is 15.4. The number of anilines is 1. The highest BCUT2D eigenvalue weighted by Gasteiger charge is 2.47. The van der Waals surface area contributed by atoms with E-state index >= 15 is 0 Å². The molecule has 2 aromatic heterocycles. The van der Waals surface area contributed by atoms with Crippen LogP contribution in [0.5, 0.6) is 11.5 Å². The van der Waals surface area contributed by atoms with Gasteiger partial charge in [-0.25, -0.2) is 0 Å². The van der Waals surface area contributed by atoms with Crippen molar-refractivity contribution in [2.75, 3.05) is 18.1 Å². The van der Waals surface area contributed by atoms with Gasteiger partial charge in [0.15, 0.2) is 27.4 Å². The van der Waals surface area contributed by atoms with Crippen LogP contribution < -0.4 is 14.4 Å². The average Bonchev–Trinajstić information content (AvgIpc) is 3.70. The first-order valence-electron chi connectivity index (χ1n) is 13.6. The van der Waals surface area contributed by atoms with E-state index in [1.54, 1.807) is 31.2 Å². The zero-order chi connectivity index (χ0) is 29.8. The molecule has 0 radical (unpaired) electrons. The molecule has 4 aromatic rings. The molecule has 0 bridgehead atoms. The van der Waals surface area contributed by atoms with Crippen LogP contribution >= 0.6 is 23.1 Å². The van der Waals surface area contributed by atoms with Crippen LogP contribution in [0.15, 0.2) is 74.7 Å². The molecule has 0 saturated carbocycles. The smallest absolute Gasteiger partial charge is 0.296 e. The highest BCUT2D eigenvalue weighted by atomic mass is 32.2. The van der Waals surface area contributed by atoms with E-state index in [1.807, 2.05) is 20.8 Å². The summed E-state index contributed by atoms with van der Waals surface area (Å²) in [6.45, 7) is 8.51. The van der Waals surface area contributed by atoms with Gasteiger partial charge in [0.2, 0.25) is 10.9 Å². The van der Waals surface area contributed by atoms with Gasteiger partial charge in [-0.3, -0.25) is 14.5 Å². The highest BCUT2D eigenvalue weighted by Crippen LogP contribution is 2.45. The van der Waals surface area contributed by atoms with Gasteiger partial charge >= 0.3 is 0 Å². The van der Waals surface area contributed by atoms with Gasteiger partial charge in [-0.1, -0.05) is 65.9 Å². The molecule has 0 aliphatic carbocycles. The van der Waals surface area contributed by atoms with Gasteiger partial charge in [0, 0.05) is 5.75 Å². The van der Waals surface area contributed by atoms with Crippen molar-refractivity contribution >= 4 is 39.9 Å². The number of carbonyl (C=O) groups excluding carboxylic acids is 2. The van der Waals surface area contributed by atoms with Crippen LogP contribution in [0.1, 0.15) is 59.3 Å². The summed E-state index contributed by atoms with van der Waals surface area (Å²) in [5, 5.41) is 20.0.